The van der Waals surface area contributed by atoms with Gasteiger partial charge in [-0.3, -0.25) is 4.55 Å². The molecule has 0 bridgehead atoms. The van der Waals surface area contributed by atoms with E-state index < -0.39 is 10.1 Å². The molecule has 0 spiro atoms. The fourth-order valence-corrected chi connectivity index (χ4v) is 2.43. The van der Waals surface area contributed by atoms with Crippen molar-refractivity contribution in [2.45, 2.75) is 57.8 Å². The van der Waals surface area contributed by atoms with Crippen LogP contribution in [0.25, 0.3) is 0 Å². The number of thiol groups is 1. The predicted octanol–water partition coefficient (Wildman–Crippen LogP) is 3.31. The summed E-state index contributed by atoms with van der Waals surface area (Å²) in [5, 5.41) is 0. The van der Waals surface area contributed by atoms with Crippen LogP contribution in [-0.4, -0.2) is 24.5 Å². The quantitative estimate of drug-likeness (QED) is 0.343. The Morgan fingerprint density at radius 1 is 0.750 bits per heavy atom. The Hall–Kier alpha value is 0.260. The SMILES string of the molecule is O=S(=O)(O)CCCCCCCCCCCS. The topological polar surface area (TPSA) is 54.4 Å². The van der Waals surface area contributed by atoms with Crippen LogP contribution >= 0.6 is 12.6 Å². The van der Waals surface area contributed by atoms with Crippen LogP contribution in [0.1, 0.15) is 57.8 Å². The van der Waals surface area contributed by atoms with E-state index in [1.54, 1.807) is 0 Å². The van der Waals surface area contributed by atoms with Gasteiger partial charge in [0, 0.05) is 0 Å². The van der Waals surface area contributed by atoms with Crippen molar-refractivity contribution in [1.82, 2.24) is 0 Å². The number of unbranched alkanes of at least 4 members (excludes halogenated alkanes) is 8. The van der Waals surface area contributed by atoms with Gasteiger partial charge in [0.25, 0.3) is 10.1 Å². The van der Waals surface area contributed by atoms with Crippen LogP contribution in [-0.2, 0) is 10.1 Å². The average Bonchev–Trinajstić information content (AvgIpc) is 2.19. The van der Waals surface area contributed by atoms with E-state index in [0.29, 0.717) is 6.42 Å². The van der Waals surface area contributed by atoms with Crippen molar-refractivity contribution in [1.29, 1.82) is 0 Å². The molecule has 0 aromatic heterocycles. The smallest absolute Gasteiger partial charge is 0.264 e. The van der Waals surface area contributed by atoms with Crippen molar-refractivity contribution >= 4 is 22.7 Å². The van der Waals surface area contributed by atoms with Crippen molar-refractivity contribution in [3.05, 3.63) is 0 Å². The second-order valence-corrected chi connectivity index (χ2v) is 6.21. The molecule has 0 aliphatic rings. The van der Waals surface area contributed by atoms with Crippen LogP contribution in [0.4, 0.5) is 0 Å². The van der Waals surface area contributed by atoms with Crippen LogP contribution < -0.4 is 0 Å². The van der Waals surface area contributed by atoms with Gasteiger partial charge in [0.1, 0.15) is 0 Å². The highest BCUT2D eigenvalue weighted by Gasteiger charge is 2.02. The molecule has 0 fully saturated rings. The molecule has 0 radical (unpaired) electrons. The van der Waals surface area contributed by atoms with Crippen LogP contribution in [0.3, 0.4) is 0 Å². The number of hydrogen-bond donors (Lipinski definition) is 2. The minimum Gasteiger partial charge on any atom is -0.286 e. The van der Waals surface area contributed by atoms with E-state index in [0.717, 1.165) is 18.6 Å². The molecule has 16 heavy (non-hydrogen) atoms. The zero-order chi connectivity index (χ0) is 12.3. The van der Waals surface area contributed by atoms with Crippen molar-refractivity contribution in [3.63, 3.8) is 0 Å². The van der Waals surface area contributed by atoms with Gasteiger partial charge in [-0.25, -0.2) is 0 Å². The van der Waals surface area contributed by atoms with Gasteiger partial charge >= 0.3 is 0 Å². The fourth-order valence-electron chi connectivity index (χ4n) is 1.63. The van der Waals surface area contributed by atoms with Gasteiger partial charge in [-0.1, -0.05) is 44.9 Å². The maximum atomic E-state index is 10.4. The van der Waals surface area contributed by atoms with E-state index >= 15 is 0 Å². The first kappa shape index (κ1) is 16.3. The summed E-state index contributed by atoms with van der Waals surface area (Å²) in [4.78, 5) is 0. The Labute approximate surface area is 105 Å². The molecule has 5 heteroatoms. The maximum absolute atomic E-state index is 10.4. The molecular formula is C11H24O3S2. The summed E-state index contributed by atoms with van der Waals surface area (Å²) in [5.74, 6) is 0.893. The molecule has 0 saturated carbocycles. The fraction of sp³-hybridized carbons (Fsp3) is 1.00. The molecule has 0 aliphatic heterocycles. The van der Waals surface area contributed by atoms with E-state index in [9.17, 15) is 8.42 Å². The highest BCUT2D eigenvalue weighted by molar-refractivity contribution is 7.85. The van der Waals surface area contributed by atoms with Crippen molar-refractivity contribution in [2.24, 2.45) is 0 Å². The maximum Gasteiger partial charge on any atom is 0.264 e. The Kier molecular flexibility index (Phi) is 10.6. The van der Waals surface area contributed by atoms with Crippen LogP contribution in [0.2, 0.25) is 0 Å². The molecule has 0 saturated heterocycles. The van der Waals surface area contributed by atoms with Gasteiger partial charge in [-0.2, -0.15) is 21.0 Å². The summed E-state index contributed by atoms with van der Waals surface area (Å²) >= 11 is 4.16. The van der Waals surface area contributed by atoms with Crippen LogP contribution in [0.15, 0.2) is 0 Å². The Bertz CT molecular complexity index is 238. The lowest BCUT2D eigenvalue weighted by atomic mass is 10.1. The molecule has 0 unspecified atom stereocenters. The van der Waals surface area contributed by atoms with Gasteiger partial charge in [-0.05, 0) is 18.6 Å². The summed E-state index contributed by atoms with van der Waals surface area (Å²) in [5.41, 5.74) is 0. The summed E-state index contributed by atoms with van der Waals surface area (Å²) < 4.78 is 29.3. The molecule has 1 N–H and O–H groups in total. The van der Waals surface area contributed by atoms with Gasteiger partial charge in [0.2, 0.25) is 0 Å². The first-order chi connectivity index (χ1) is 7.56. The lowest BCUT2D eigenvalue weighted by Crippen LogP contribution is -2.03. The van der Waals surface area contributed by atoms with Gasteiger partial charge in [0.15, 0.2) is 0 Å². The molecular weight excluding hydrogens is 244 g/mol. The third kappa shape index (κ3) is 14.3. The minimum atomic E-state index is -3.74. The molecule has 0 aliphatic carbocycles. The van der Waals surface area contributed by atoms with Crippen molar-refractivity contribution < 1.29 is 13.0 Å². The van der Waals surface area contributed by atoms with Crippen molar-refractivity contribution in [2.75, 3.05) is 11.5 Å². The Morgan fingerprint density at radius 2 is 1.12 bits per heavy atom. The lowest BCUT2D eigenvalue weighted by molar-refractivity contribution is 0.478. The average molecular weight is 268 g/mol. The second-order valence-electron chi connectivity index (χ2n) is 4.19. The van der Waals surface area contributed by atoms with E-state index in [-0.39, 0.29) is 5.75 Å². The normalized spacial score (nSPS) is 11.9. The van der Waals surface area contributed by atoms with E-state index in [1.165, 1.54) is 38.5 Å². The van der Waals surface area contributed by atoms with Crippen LogP contribution in [0.5, 0.6) is 0 Å². The first-order valence-corrected chi connectivity index (χ1v) is 8.36. The molecule has 0 aromatic rings. The third-order valence-electron chi connectivity index (χ3n) is 2.56. The molecule has 98 valence electrons. The predicted molar refractivity (Wildman–Crippen MR) is 71.8 cm³/mol. The standard InChI is InChI=1S/C11H24O3S2/c12-16(13,14)11-9-7-5-3-1-2-4-6-8-10-15/h15H,1-11H2,(H,12,13,14). The molecule has 0 aromatic carbocycles. The first-order valence-electron chi connectivity index (χ1n) is 6.12. The molecule has 3 nitrogen and oxygen atoms in total. The molecule has 0 atom stereocenters. The minimum absolute atomic E-state index is 0.0883. The van der Waals surface area contributed by atoms with Crippen LogP contribution in [0, 0.1) is 0 Å². The Morgan fingerprint density at radius 3 is 1.50 bits per heavy atom. The van der Waals surface area contributed by atoms with Gasteiger partial charge < -0.3 is 0 Å². The second kappa shape index (κ2) is 10.4. The van der Waals surface area contributed by atoms with E-state index in [4.69, 9.17) is 4.55 Å². The number of rotatable bonds is 11. The zero-order valence-corrected chi connectivity index (χ0v) is 11.6. The lowest BCUT2D eigenvalue weighted by Gasteiger charge is -2.01. The molecule has 0 rings (SSSR count). The molecule has 0 amide bonds. The summed E-state index contributed by atoms with van der Waals surface area (Å²) in [6, 6.07) is 0. The summed E-state index contributed by atoms with van der Waals surface area (Å²) in [7, 11) is -3.74. The Balaban J connectivity index is 3.05. The monoisotopic (exact) mass is 268 g/mol. The highest BCUT2D eigenvalue weighted by atomic mass is 32.2. The van der Waals surface area contributed by atoms with E-state index in [2.05, 4.69) is 12.6 Å². The highest BCUT2D eigenvalue weighted by Crippen LogP contribution is 2.10. The zero-order valence-electron chi connectivity index (χ0n) is 9.90. The van der Waals surface area contributed by atoms with Gasteiger partial charge in [0.05, 0.1) is 5.75 Å². The number of hydrogen-bond acceptors (Lipinski definition) is 3. The van der Waals surface area contributed by atoms with E-state index in [1.807, 2.05) is 0 Å². The summed E-state index contributed by atoms with van der Waals surface area (Å²) in [6.07, 6.45) is 9.99. The largest absolute Gasteiger partial charge is 0.286 e. The third-order valence-corrected chi connectivity index (χ3v) is 3.68. The summed E-state index contributed by atoms with van der Waals surface area (Å²) in [6.45, 7) is 0. The van der Waals surface area contributed by atoms with Crippen molar-refractivity contribution in [3.8, 4) is 0 Å². The molecule has 0 heterocycles. The van der Waals surface area contributed by atoms with Gasteiger partial charge in [-0.15, -0.1) is 0 Å².